The highest BCUT2D eigenvalue weighted by Gasteiger charge is 2.25. The first kappa shape index (κ1) is 14.3. The molecule has 6 nitrogen and oxygen atoms in total. The van der Waals surface area contributed by atoms with Gasteiger partial charge in [-0.15, -0.1) is 0 Å². The SMILES string of the molecule is Cc1c(Cl)cc(S(N)(=O)=O)cc1C(=O)OC1COC1. The van der Waals surface area contributed by atoms with E-state index in [4.69, 9.17) is 26.2 Å². The number of carbonyl (C=O) groups excluding carboxylic acids is 1. The number of hydrogen-bond donors (Lipinski definition) is 1. The number of benzene rings is 1. The van der Waals surface area contributed by atoms with Crippen LogP contribution in [0, 0.1) is 6.92 Å². The molecule has 0 spiro atoms. The van der Waals surface area contributed by atoms with Crippen molar-refractivity contribution in [2.75, 3.05) is 13.2 Å². The molecule has 1 heterocycles. The zero-order valence-electron chi connectivity index (χ0n) is 10.1. The smallest absolute Gasteiger partial charge is 0.338 e. The average Bonchev–Trinajstić information content (AvgIpc) is 2.25. The first-order valence-corrected chi connectivity index (χ1v) is 7.33. The fourth-order valence-electron chi connectivity index (χ4n) is 1.53. The second kappa shape index (κ2) is 5.09. The summed E-state index contributed by atoms with van der Waals surface area (Å²) in [4.78, 5) is 11.7. The molecule has 1 saturated heterocycles. The van der Waals surface area contributed by atoms with Crippen LogP contribution in [0.3, 0.4) is 0 Å². The van der Waals surface area contributed by atoms with Crippen molar-refractivity contribution in [2.24, 2.45) is 5.14 Å². The van der Waals surface area contributed by atoms with Crippen molar-refractivity contribution < 1.29 is 22.7 Å². The van der Waals surface area contributed by atoms with Crippen LogP contribution >= 0.6 is 11.6 Å². The van der Waals surface area contributed by atoms with Crippen LogP contribution < -0.4 is 5.14 Å². The van der Waals surface area contributed by atoms with E-state index in [0.29, 0.717) is 18.8 Å². The van der Waals surface area contributed by atoms with Crippen molar-refractivity contribution in [1.29, 1.82) is 0 Å². The van der Waals surface area contributed by atoms with Gasteiger partial charge in [0.2, 0.25) is 10.0 Å². The summed E-state index contributed by atoms with van der Waals surface area (Å²) in [7, 11) is -3.94. The molecule has 8 heteroatoms. The zero-order valence-corrected chi connectivity index (χ0v) is 11.6. The maximum Gasteiger partial charge on any atom is 0.338 e. The quantitative estimate of drug-likeness (QED) is 0.835. The lowest BCUT2D eigenvalue weighted by Gasteiger charge is -2.26. The van der Waals surface area contributed by atoms with Crippen molar-refractivity contribution in [3.8, 4) is 0 Å². The maximum absolute atomic E-state index is 11.9. The highest BCUT2D eigenvalue weighted by atomic mass is 35.5. The summed E-state index contributed by atoms with van der Waals surface area (Å²) in [6.45, 7) is 2.28. The molecule has 1 fully saturated rings. The van der Waals surface area contributed by atoms with E-state index in [1.807, 2.05) is 0 Å². The first-order chi connectivity index (χ1) is 8.79. The number of hydrogen-bond acceptors (Lipinski definition) is 5. The van der Waals surface area contributed by atoms with E-state index in [0.717, 1.165) is 0 Å². The molecule has 0 radical (unpaired) electrons. The zero-order chi connectivity index (χ0) is 14.2. The molecule has 19 heavy (non-hydrogen) atoms. The van der Waals surface area contributed by atoms with Gasteiger partial charge in [-0.3, -0.25) is 0 Å². The number of halogens is 1. The molecular weight excluding hydrogens is 294 g/mol. The largest absolute Gasteiger partial charge is 0.454 e. The third-order valence-corrected chi connectivity index (χ3v) is 4.03. The monoisotopic (exact) mass is 305 g/mol. The molecule has 0 unspecified atom stereocenters. The van der Waals surface area contributed by atoms with Gasteiger partial charge in [0, 0.05) is 5.02 Å². The molecule has 0 aliphatic carbocycles. The molecule has 1 aromatic rings. The number of esters is 1. The number of nitrogens with two attached hydrogens (primary N) is 1. The van der Waals surface area contributed by atoms with Gasteiger partial charge in [-0.25, -0.2) is 18.4 Å². The lowest BCUT2D eigenvalue weighted by molar-refractivity contribution is -0.103. The van der Waals surface area contributed by atoms with Crippen LogP contribution in [0.5, 0.6) is 0 Å². The summed E-state index contributed by atoms with van der Waals surface area (Å²) in [5.41, 5.74) is 0.530. The Morgan fingerprint density at radius 3 is 2.58 bits per heavy atom. The second-order valence-corrected chi connectivity index (χ2v) is 6.16. The molecular formula is C11H12ClNO5S. The minimum atomic E-state index is -3.94. The Morgan fingerprint density at radius 2 is 2.11 bits per heavy atom. The van der Waals surface area contributed by atoms with Crippen LogP contribution in [-0.2, 0) is 19.5 Å². The van der Waals surface area contributed by atoms with E-state index >= 15 is 0 Å². The van der Waals surface area contributed by atoms with E-state index in [9.17, 15) is 13.2 Å². The van der Waals surface area contributed by atoms with E-state index in [2.05, 4.69) is 0 Å². The van der Waals surface area contributed by atoms with Gasteiger partial charge < -0.3 is 9.47 Å². The summed E-state index contributed by atoms with van der Waals surface area (Å²) >= 11 is 5.90. The Morgan fingerprint density at radius 1 is 1.47 bits per heavy atom. The van der Waals surface area contributed by atoms with Crippen molar-refractivity contribution in [1.82, 2.24) is 0 Å². The van der Waals surface area contributed by atoms with Crippen LogP contribution in [0.1, 0.15) is 15.9 Å². The fraction of sp³-hybridized carbons (Fsp3) is 0.364. The third-order valence-electron chi connectivity index (χ3n) is 2.75. The average molecular weight is 306 g/mol. The Labute approximate surface area is 115 Å². The highest BCUT2D eigenvalue weighted by Crippen LogP contribution is 2.25. The molecule has 0 amide bonds. The number of ether oxygens (including phenoxy) is 2. The molecule has 2 rings (SSSR count). The highest BCUT2D eigenvalue weighted by molar-refractivity contribution is 7.89. The lowest BCUT2D eigenvalue weighted by atomic mass is 10.1. The van der Waals surface area contributed by atoms with Gasteiger partial charge >= 0.3 is 5.97 Å². The molecule has 0 aromatic heterocycles. The Bertz CT molecular complexity index is 624. The molecule has 1 aliphatic heterocycles. The third kappa shape index (κ3) is 3.06. The Kier molecular flexibility index (Phi) is 3.82. The summed E-state index contributed by atoms with van der Waals surface area (Å²) in [5.74, 6) is -0.641. The molecule has 0 bridgehead atoms. The molecule has 104 valence electrons. The molecule has 1 aromatic carbocycles. The van der Waals surface area contributed by atoms with E-state index in [1.165, 1.54) is 12.1 Å². The van der Waals surface area contributed by atoms with Gasteiger partial charge in [0.1, 0.15) is 6.10 Å². The fourth-order valence-corrected chi connectivity index (χ4v) is 2.38. The molecule has 1 aliphatic rings. The predicted molar refractivity (Wildman–Crippen MR) is 67.6 cm³/mol. The van der Waals surface area contributed by atoms with Crippen LogP contribution in [0.25, 0.3) is 0 Å². The number of carbonyl (C=O) groups is 1. The normalized spacial score (nSPS) is 15.9. The first-order valence-electron chi connectivity index (χ1n) is 5.40. The Hall–Kier alpha value is -1.15. The van der Waals surface area contributed by atoms with E-state index in [-0.39, 0.29) is 21.6 Å². The van der Waals surface area contributed by atoms with Crippen LogP contribution in [-0.4, -0.2) is 33.7 Å². The lowest BCUT2D eigenvalue weighted by Crippen LogP contribution is -2.38. The maximum atomic E-state index is 11.9. The van der Waals surface area contributed by atoms with Gasteiger partial charge in [-0.05, 0) is 24.6 Å². The summed E-state index contributed by atoms with van der Waals surface area (Å²) < 4.78 is 32.6. The minimum absolute atomic E-state index is 0.0865. The predicted octanol–water partition coefficient (Wildman–Crippen LogP) is 0.851. The van der Waals surface area contributed by atoms with Gasteiger partial charge in [0.25, 0.3) is 0 Å². The van der Waals surface area contributed by atoms with Crippen LogP contribution in [0.2, 0.25) is 5.02 Å². The van der Waals surface area contributed by atoms with Crippen molar-refractivity contribution in [3.63, 3.8) is 0 Å². The summed E-state index contributed by atoms with van der Waals surface area (Å²) in [5, 5.41) is 5.17. The van der Waals surface area contributed by atoms with E-state index in [1.54, 1.807) is 6.92 Å². The number of sulfonamides is 1. The van der Waals surface area contributed by atoms with Gasteiger partial charge in [0.05, 0.1) is 23.7 Å². The van der Waals surface area contributed by atoms with Crippen LogP contribution in [0.15, 0.2) is 17.0 Å². The van der Waals surface area contributed by atoms with Crippen molar-refractivity contribution in [2.45, 2.75) is 17.9 Å². The van der Waals surface area contributed by atoms with Gasteiger partial charge in [-0.1, -0.05) is 11.6 Å². The second-order valence-electron chi connectivity index (χ2n) is 4.19. The number of primary sulfonamides is 1. The molecule has 2 N–H and O–H groups in total. The van der Waals surface area contributed by atoms with Gasteiger partial charge in [-0.2, -0.15) is 0 Å². The van der Waals surface area contributed by atoms with Crippen molar-refractivity contribution in [3.05, 3.63) is 28.3 Å². The Balaban J connectivity index is 2.37. The molecule has 0 saturated carbocycles. The molecule has 0 atom stereocenters. The summed E-state index contributed by atoms with van der Waals surface area (Å²) in [6.07, 6.45) is -0.302. The van der Waals surface area contributed by atoms with Crippen LogP contribution in [0.4, 0.5) is 0 Å². The van der Waals surface area contributed by atoms with Crippen molar-refractivity contribution >= 4 is 27.6 Å². The topological polar surface area (TPSA) is 95.7 Å². The number of rotatable bonds is 3. The standard InChI is InChI=1S/C11H12ClNO5S/c1-6-9(11(14)18-7-4-17-5-7)2-8(3-10(6)12)19(13,15)16/h2-3,7H,4-5H2,1H3,(H2,13,15,16). The van der Waals surface area contributed by atoms with Gasteiger partial charge in [0.15, 0.2) is 0 Å². The summed E-state index contributed by atoms with van der Waals surface area (Å²) in [6, 6.07) is 2.37. The minimum Gasteiger partial charge on any atom is -0.454 e. The van der Waals surface area contributed by atoms with E-state index < -0.39 is 16.0 Å².